The maximum atomic E-state index is 13.0. The average molecular weight is 444 g/mol. The molecule has 0 radical (unpaired) electrons. The molecule has 0 aliphatic heterocycles. The van der Waals surface area contributed by atoms with Crippen LogP contribution in [0, 0.1) is 10.1 Å². The zero-order chi connectivity index (χ0) is 21.2. The van der Waals surface area contributed by atoms with Gasteiger partial charge < -0.3 is 10.6 Å². The van der Waals surface area contributed by atoms with E-state index in [1.54, 1.807) is 24.3 Å². The Balaban J connectivity index is 2.00. The third-order valence-electron chi connectivity index (χ3n) is 3.66. The van der Waals surface area contributed by atoms with Gasteiger partial charge in [-0.15, -0.1) is 0 Å². The first-order chi connectivity index (χ1) is 13.6. The van der Waals surface area contributed by atoms with Crippen LogP contribution in [0.15, 0.2) is 48.8 Å². The molecular weight excluding hydrogens is 434 g/mol. The van der Waals surface area contributed by atoms with Gasteiger partial charge in [-0.1, -0.05) is 23.2 Å². The number of anilines is 4. The Kier molecular flexibility index (Phi) is 5.76. The third kappa shape index (κ3) is 4.84. The Morgan fingerprint density at radius 2 is 1.59 bits per heavy atom. The second-order valence-electron chi connectivity index (χ2n) is 5.63. The van der Waals surface area contributed by atoms with Crippen molar-refractivity contribution >= 4 is 51.9 Å². The van der Waals surface area contributed by atoms with Gasteiger partial charge >= 0.3 is 11.9 Å². The lowest BCUT2D eigenvalue weighted by molar-refractivity contribution is -0.383. The highest BCUT2D eigenvalue weighted by Crippen LogP contribution is 2.38. The fraction of sp³-hybridized carbons (Fsp3) is 0.0588. The minimum absolute atomic E-state index is 0.0712. The molecule has 1 heterocycles. The molecule has 0 spiro atoms. The molecule has 0 atom stereocenters. The summed E-state index contributed by atoms with van der Waals surface area (Å²) in [6, 6.07) is 8.86. The monoisotopic (exact) mass is 443 g/mol. The van der Waals surface area contributed by atoms with Gasteiger partial charge in [0.25, 0.3) is 0 Å². The van der Waals surface area contributed by atoms with Gasteiger partial charge in [-0.3, -0.25) is 10.1 Å². The summed E-state index contributed by atoms with van der Waals surface area (Å²) in [5, 5.41) is 17.2. The highest BCUT2D eigenvalue weighted by atomic mass is 35.5. The van der Waals surface area contributed by atoms with Gasteiger partial charge in [0.2, 0.25) is 11.6 Å². The van der Waals surface area contributed by atoms with Crippen molar-refractivity contribution in [3.8, 4) is 0 Å². The number of nitro groups is 1. The Bertz CT molecular complexity index is 1060. The molecule has 3 aromatic rings. The molecular formula is C17H10Cl2F3N5O2. The Labute approximate surface area is 171 Å². The van der Waals surface area contributed by atoms with Gasteiger partial charge in [-0.05, 0) is 42.5 Å². The molecule has 150 valence electrons. The van der Waals surface area contributed by atoms with Crippen molar-refractivity contribution in [2.45, 2.75) is 6.18 Å². The van der Waals surface area contributed by atoms with Gasteiger partial charge in [0.05, 0.1) is 21.2 Å². The highest BCUT2D eigenvalue weighted by molar-refractivity contribution is 6.33. The number of nitrogens with one attached hydrogen (secondary N) is 2. The number of benzene rings is 2. The molecule has 7 nitrogen and oxygen atoms in total. The second kappa shape index (κ2) is 8.10. The first-order valence-corrected chi connectivity index (χ1v) is 8.56. The summed E-state index contributed by atoms with van der Waals surface area (Å²) in [5.41, 5.74) is -1.28. The number of halogens is 5. The summed E-state index contributed by atoms with van der Waals surface area (Å²) in [5.74, 6) is -0.499. The fourth-order valence-electron chi connectivity index (χ4n) is 2.33. The standard InChI is InChI=1S/C17H10Cl2F3N5O2/c18-10-2-4-11(5-3-10)25-15-14(27(28)29)16(24-8-23-15)26-13-7-9(17(20,21)22)1-6-12(13)19/h1-8H,(H2,23,24,25,26). The van der Waals surface area contributed by atoms with E-state index in [-0.39, 0.29) is 22.3 Å². The number of nitrogens with zero attached hydrogens (tertiary/aromatic N) is 3. The molecule has 0 saturated carbocycles. The molecule has 2 aromatic carbocycles. The number of hydrogen-bond acceptors (Lipinski definition) is 6. The molecule has 0 unspecified atom stereocenters. The molecule has 2 N–H and O–H groups in total. The van der Waals surface area contributed by atoms with Crippen LogP contribution in [0.25, 0.3) is 0 Å². The lowest BCUT2D eigenvalue weighted by Gasteiger charge is -2.13. The van der Waals surface area contributed by atoms with E-state index in [9.17, 15) is 23.3 Å². The van der Waals surface area contributed by atoms with Crippen LogP contribution in [-0.4, -0.2) is 14.9 Å². The number of hydrogen-bond donors (Lipinski definition) is 2. The molecule has 0 aliphatic carbocycles. The summed E-state index contributed by atoms with van der Waals surface area (Å²) >= 11 is 11.7. The predicted molar refractivity (Wildman–Crippen MR) is 103 cm³/mol. The van der Waals surface area contributed by atoms with Crippen molar-refractivity contribution < 1.29 is 18.1 Å². The molecule has 1 aromatic heterocycles. The molecule has 3 rings (SSSR count). The average Bonchev–Trinajstić information content (AvgIpc) is 2.64. The van der Waals surface area contributed by atoms with Crippen molar-refractivity contribution in [3.63, 3.8) is 0 Å². The number of rotatable bonds is 5. The van der Waals surface area contributed by atoms with Crippen LogP contribution in [0.3, 0.4) is 0 Å². The minimum Gasteiger partial charge on any atom is -0.334 e. The van der Waals surface area contributed by atoms with E-state index < -0.39 is 22.4 Å². The highest BCUT2D eigenvalue weighted by Gasteiger charge is 2.31. The zero-order valence-corrected chi connectivity index (χ0v) is 15.7. The van der Waals surface area contributed by atoms with Crippen molar-refractivity contribution in [1.29, 1.82) is 0 Å². The summed E-state index contributed by atoms with van der Waals surface area (Å²) < 4.78 is 38.9. The van der Waals surface area contributed by atoms with E-state index in [0.717, 1.165) is 24.5 Å². The SMILES string of the molecule is O=[N+]([O-])c1c(Nc2ccc(Cl)cc2)ncnc1Nc1cc(C(F)(F)F)ccc1Cl. The van der Waals surface area contributed by atoms with E-state index in [2.05, 4.69) is 20.6 Å². The Morgan fingerprint density at radius 3 is 2.17 bits per heavy atom. The van der Waals surface area contributed by atoms with Crippen molar-refractivity contribution in [1.82, 2.24) is 9.97 Å². The molecule has 0 amide bonds. The van der Waals surface area contributed by atoms with Crippen LogP contribution >= 0.6 is 23.2 Å². The van der Waals surface area contributed by atoms with Gasteiger partial charge in [0.15, 0.2) is 0 Å². The topological polar surface area (TPSA) is 93.0 Å². The Morgan fingerprint density at radius 1 is 0.966 bits per heavy atom. The largest absolute Gasteiger partial charge is 0.416 e. The van der Waals surface area contributed by atoms with Crippen LogP contribution in [-0.2, 0) is 6.18 Å². The van der Waals surface area contributed by atoms with Crippen molar-refractivity contribution in [3.05, 3.63) is 74.5 Å². The van der Waals surface area contributed by atoms with E-state index in [0.29, 0.717) is 10.7 Å². The second-order valence-corrected chi connectivity index (χ2v) is 6.47. The minimum atomic E-state index is -4.61. The number of aromatic nitrogens is 2. The van der Waals surface area contributed by atoms with E-state index in [1.807, 2.05) is 0 Å². The van der Waals surface area contributed by atoms with Gasteiger partial charge in [-0.25, -0.2) is 9.97 Å². The summed E-state index contributed by atoms with van der Waals surface area (Å²) in [6.45, 7) is 0. The smallest absolute Gasteiger partial charge is 0.334 e. The van der Waals surface area contributed by atoms with E-state index >= 15 is 0 Å². The predicted octanol–water partition coefficient (Wildman–Crippen LogP) is 6.20. The van der Waals surface area contributed by atoms with Crippen LogP contribution in [0.2, 0.25) is 10.0 Å². The van der Waals surface area contributed by atoms with Crippen LogP contribution in [0.5, 0.6) is 0 Å². The van der Waals surface area contributed by atoms with Gasteiger partial charge in [0, 0.05) is 10.7 Å². The maximum absolute atomic E-state index is 13.0. The van der Waals surface area contributed by atoms with Crippen LogP contribution in [0.4, 0.5) is 41.9 Å². The normalized spacial score (nSPS) is 11.2. The van der Waals surface area contributed by atoms with Crippen molar-refractivity contribution in [2.24, 2.45) is 0 Å². The summed E-state index contributed by atoms with van der Waals surface area (Å²) in [6.07, 6.45) is -3.59. The first kappa shape index (κ1) is 20.6. The van der Waals surface area contributed by atoms with E-state index in [4.69, 9.17) is 23.2 Å². The Hall–Kier alpha value is -3.11. The molecule has 0 saturated heterocycles. The summed E-state index contributed by atoms with van der Waals surface area (Å²) in [4.78, 5) is 18.5. The van der Waals surface area contributed by atoms with Gasteiger partial charge in [-0.2, -0.15) is 13.2 Å². The molecule has 29 heavy (non-hydrogen) atoms. The zero-order valence-electron chi connectivity index (χ0n) is 14.2. The van der Waals surface area contributed by atoms with Crippen LogP contribution < -0.4 is 10.6 Å². The quantitative estimate of drug-likeness (QED) is 0.360. The van der Waals surface area contributed by atoms with Crippen LogP contribution in [0.1, 0.15) is 5.56 Å². The lowest BCUT2D eigenvalue weighted by Crippen LogP contribution is -2.08. The number of alkyl halides is 3. The first-order valence-electron chi connectivity index (χ1n) is 7.81. The third-order valence-corrected chi connectivity index (χ3v) is 4.24. The molecule has 0 fully saturated rings. The summed E-state index contributed by atoms with van der Waals surface area (Å²) in [7, 11) is 0. The molecule has 12 heteroatoms. The van der Waals surface area contributed by atoms with Crippen molar-refractivity contribution in [2.75, 3.05) is 10.6 Å². The van der Waals surface area contributed by atoms with E-state index in [1.165, 1.54) is 0 Å². The van der Waals surface area contributed by atoms with Gasteiger partial charge in [0.1, 0.15) is 6.33 Å². The molecule has 0 bridgehead atoms. The maximum Gasteiger partial charge on any atom is 0.416 e. The molecule has 0 aliphatic rings. The fourth-order valence-corrected chi connectivity index (χ4v) is 2.62. The lowest BCUT2D eigenvalue weighted by atomic mass is 10.2.